The maximum Gasteiger partial charge on any atom is 0.673 e. The highest BCUT2D eigenvalue weighted by atomic mass is 19.5. The van der Waals surface area contributed by atoms with Crippen molar-refractivity contribution >= 4 is 7.25 Å². The molecule has 84 valence electrons. The Morgan fingerprint density at radius 1 is 1.21 bits per heavy atom. The average Bonchev–Trinajstić information content (AvgIpc) is 1.78. The van der Waals surface area contributed by atoms with E-state index in [2.05, 4.69) is 27.1 Å². The Hall–Kier alpha value is -0.515. The molecule has 0 radical (unpaired) electrons. The fourth-order valence-corrected chi connectivity index (χ4v) is 1.48. The van der Waals surface area contributed by atoms with Crippen LogP contribution < -0.4 is 0 Å². The van der Waals surface area contributed by atoms with Crippen LogP contribution in [0.4, 0.5) is 17.3 Å². The Balaban J connectivity index is 0.000000292. The predicted molar refractivity (Wildman–Crippen MR) is 50.4 cm³/mol. The van der Waals surface area contributed by atoms with E-state index >= 15 is 0 Å². The van der Waals surface area contributed by atoms with Gasteiger partial charge in [-0.3, -0.25) is 0 Å². The van der Waals surface area contributed by atoms with Crippen LogP contribution in [0.15, 0.2) is 11.6 Å². The number of quaternary nitrogens is 1. The first kappa shape index (κ1) is 13.5. The number of halogens is 4. The molecule has 6 heteroatoms. The molecule has 1 aliphatic heterocycles. The van der Waals surface area contributed by atoms with Crippen LogP contribution in [-0.2, 0) is 0 Å². The molecule has 0 unspecified atom stereocenters. The molecule has 0 N–H and O–H groups in total. The molecule has 0 saturated heterocycles. The molecular formula is C8H16BF4N. The van der Waals surface area contributed by atoms with E-state index in [4.69, 9.17) is 0 Å². The number of likely N-dealkylation sites (N-methyl/N-ethyl adjacent to an activating group) is 1. The Bertz CT molecular complexity index is 204. The van der Waals surface area contributed by atoms with Gasteiger partial charge in [0.25, 0.3) is 0 Å². The normalized spacial score (nSPS) is 20.6. The van der Waals surface area contributed by atoms with Crippen molar-refractivity contribution in [3.8, 4) is 0 Å². The first-order chi connectivity index (χ1) is 6.10. The molecule has 0 fully saturated rings. The Morgan fingerprint density at radius 3 is 1.86 bits per heavy atom. The van der Waals surface area contributed by atoms with Crippen LogP contribution in [0.2, 0.25) is 0 Å². The number of rotatable bonds is 0. The monoisotopic (exact) mass is 213 g/mol. The fraction of sp³-hybridized carbons (Fsp3) is 0.750. The Morgan fingerprint density at radius 2 is 1.64 bits per heavy atom. The van der Waals surface area contributed by atoms with E-state index in [0.29, 0.717) is 0 Å². The largest absolute Gasteiger partial charge is 0.673 e. The lowest BCUT2D eigenvalue weighted by atomic mass is 10.1. The summed E-state index contributed by atoms with van der Waals surface area (Å²) in [5.74, 6) is 0. The zero-order valence-electron chi connectivity index (χ0n) is 8.74. The fourth-order valence-electron chi connectivity index (χ4n) is 1.48. The molecule has 0 atom stereocenters. The van der Waals surface area contributed by atoms with Crippen molar-refractivity contribution in [3.05, 3.63) is 11.6 Å². The van der Waals surface area contributed by atoms with E-state index < -0.39 is 7.25 Å². The van der Waals surface area contributed by atoms with Crippen molar-refractivity contribution in [1.29, 1.82) is 0 Å². The summed E-state index contributed by atoms with van der Waals surface area (Å²) < 4.78 is 40.2. The molecule has 1 nitrogen and oxygen atoms in total. The van der Waals surface area contributed by atoms with E-state index in [1.807, 2.05) is 0 Å². The van der Waals surface area contributed by atoms with E-state index in [0.717, 1.165) is 0 Å². The number of hydrogen-bond donors (Lipinski definition) is 0. The van der Waals surface area contributed by atoms with Crippen LogP contribution in [0, 0.1) is 0 Å². The van der Waals surface area contributed by atoms with Gasteiger partial charge in [-0.25, -0.2) is 0 Å². The highest BCUT2D eigenvalue weighted by Gasteiger charge is 2.20. The van der Waals surface area contributed by atoms with Crippen LogP contribution in [-0.4, -0.2) is 38.9 Å². The molecule has 0 amide bonds. The van der Waals surface area contributed by atoms with Crippen molar-refractivity contribution in [2.75, 3.05) is 27.2 Å². The van der Waals surface area contributed by atoms with E-state index in [1.165, 1.54) is 24.0 Å². The maximum absolute atomic E-state index is 9.75. The quantitative estimate of drug-likeness (QED) is 0.251. The molecule has 0 aromatic rings. The van der Waals surface area contributed by atoms with Gasteiger partial charge in [-0.05, 0) is 12.5 Å². The number of hydrogen-bond acceptors (Lipinski definition) is 0. The minimum atomic E-state index is -6.00. The topological polar surface area (TPSA) is 0 Å². The van der Waals surface area contributed by atoms with E-state index in [9.17, 15) is 17.3 Å². The molecule has 1 heterocycles. The third-order valence-electron chi connectivity index (χ3n) is 1.90. The minimum Gasteiger partial charge on any atom is -0.418 e. The standard InChI is InChI=1S/C8H16N.BF4/c1-8-5-4-6-9(2,3)7-8;2-1(3,4)5/h5H,4,6-7H2,1-3H3;/q+1;-1. The van der Waals surface area contributed by atoms with Crippen molar-refractivity contribution in [3.63, 3.8) is 0 Å². The van der Waals surface area contributed by atoms with Crippen molar-refractivity contribution in [2.24, 2.45) is 0 Å². The van der Waals surface area contributed by atoms with Gasteiger partial charge in [-0.15, -0.1) is 0 Å². The van der Waals surface area contributed by atoms with Crippen LogP contribution >= 0.6 is 0 Å². The van der Waals surface area contributed by atoms with Gasteiger partial charge in [0.15, 0.2) is 0 Å². The first-order valence-corrected chi connectivity index (χ1v) is 4.45. The zero-order chi connectivity index (χ0) is 11.4. The third kappa shape index (κ3) is 9.57. The van der Waals surface area contributed by atoms with E-state index in [-0.39, 0.29) is 0 Å². The third-order valence-corrected chi connectivity index (χ3v) is 1.90. The molecule has 0 saturated carbocycles. The molecule has 14 heavy (non-hydrogen) atoms. The lowest BCUT2D eigenvalue weighted by molar-refractivity contribution is -0.886. The maximum atomic E-state index is 9.75. The predicted octanol–water partition coefficient (Wildman–Crippen LogP) is 2.71. The van der Waals surface area contributed by atoms with Gasteiger partial charge in [0.1, 0.15) is 0 Å². The SMILES string of the molecule is CC1=CCC[N+](C)(C)C1.F[B-](F)(F)F. The van der Waals surface area contributed by atoms with Gasteiger partial charge >= 0.3 is 7.25 Å². The van der Waals surface area contributed by atoms with Crippen molar-refractivity contribution in [2.45, 2.75) is 13.3 Å². The van der Waals surface area contributed by atoms with Crippen molar-refractivity contribution < 1.29 is 21.7 Å². The van der Waals surface area contributed by atoms with Gasteiger partial charge in [-0.2, -0.15) is 0 Å². The molecule has 0 aliphatic carbocycles. The van der Waals surface area contributed by atoms with E-state index in [1.54, 1.807) is 5.57 Å². The zero-order valence-corrected chi connectivity index (χ0v) is 8.74. The molecule has 0 spiro atoms. The molecule has 1 rings (SSSR count). The van der Waals surface area contributed by atoms with Gasteiger partial charge in [0.2, 0.25) is 0 Å². The molecule has 0 aromatic carbocycles. The van der Waals surface area contributed by atoms with Crippen LogP contribution in [0.5, 0.6) is 0 Å². The molecule has 0 aromatic heterocycles. The average molecular weight is 213 g/mol. The second-order valence-electron chi connectivity index (χ2n) is 4.15. The summed E-state index contributed by atoms with van der Waals surface area (Å²) in [6.45, 7) is 4.76. The van der Waals surface area contributed by atoms with Gasteiger partial charge in [0.05, 0.1) is 27.2 Å². The highest BCUT2D eigenvalue weighted by Crippen LogP contribution is 2.12. The van der Waals surface area contributed by atoms with Crippen LogP contribution in [0.3, 0.4) is 0 Å². The Labute approximate surface area is 82.1 Å². The van der Waals surface area contributed by atoms with Gasteiger partial charge in [0, 0.05) is 6.42 Å². The summed E-state index contributed by atoms with van der Waals surface area (Å²) in [6, 6.07) is 0. The first-order valence-electron chi connectivity index (χ1n) is 4.45. The summed E-state index contributed by atoms with van der Waals surface area (Å²) >= 11 is 0. The van der Waals surface area contributed by atoms with Gasteiger partial charge in [-0.1, -0.05) is 6.08 Å². The molecular weight excluding hydrogens is 197 g/mol. The smallest absolute Gasteiger partial charge is 0.418 e. The Kier molecular flexibility index (Phi) is 4.64. The van der Waals surface area contributed by atoms with Crippen molar-refractivity contribution in [1.82, 2.24) is 0 Å². The summed E-state index contributed by atoms with van der Waals surface area (Å²) in [4.78, 5) is 0. The van der Waals surface area contributed by atoms with Crippen LogP contribution in [0.1, 0.15) is 13.3 Å². The lowest BCUT2D eigenvalue weighted by Crippen LogP contribution is -2.43. The summed E-state index contributed by atoms with van der Waals surface area (Å²) in [6.07, 6.45) is 3.61. The van der Waals surface area contributed by atoms with Gasteiger partial charge < -0.3 is 21.7 Å². The second-order valence-corrected chi connectivity index (χ2v) is 4.15. The highest BCUT2D eigenvalue weighted by molar-refractivity contribution is 6.50. The molecule has 0 bridgehead atoms. The summed E-state index contributed by atoms with van der Waals surface area (Å²) in [5.41, 5.74) is 1.55. The summed E-state index contributed by atoms with van der Waals surface area (Å²) in [5, 5.41) is 0. The summed E-state index contributed by atoms with van der Waals surface area (Å²) in [7, 11) is -1.42. The minimum absolute atomic E-state index is 1.17. The number of nitrogens with zero attached hydrogens (tertiary/aromatic N) is 1. The second kappa shape index (κ2) is 4.82. The lowest BCUT2D eigenvalue weighted by Gasteiger charge is -2.32. The molecule has 1 aliphatic rings. The van der Waals surface area contributed by atoms with Crippen LogP contribution in [0.25, 0.3) is 0 Å².